The highest BCUT2D eigenvalue weighted by Crippen LogP contribution is 2.44. The van der Waals surface area contributed by atoms with Crippen LogP contribution in [-0.4, -0.2) is 23.0 Å². The number of nitrogens with one attached hydrogen (secondary N) is 1. The zero-order valence-electron chi connectivity index (χ0n) is 11.8. The summed E-state index contributed by atoms with van der Waals surface area (Å²) in [6.45, 7) is 2.26. The SMILES string of the molecule is CC1CCCC(NC(=O)CC2(C(=O)O)CCC2)CC1. The minimum Gasteiger partial charge on any atom is -0.481 e. The highest BCUT2D eigenvalue weighted by atomic mass is 16.4. The van der Waals surface area contributed by atoms with Crippen LogP contribution in [0.15, 0.2) is 0 Å². The normalized spacial score (nSPS) is 29.9. The molecule has 19 heavy (non-hydrogen) atoms. The number of hydrogen-bond acceptors (Lipinski definition) is 2. The molecule has 2 fully saturated rings. The van der Waals surface area contributed by atoms with Gasteiger partial charge < -0.3 is 10.4 Å². The summed E-state index contributed by atoms with van der Waals surface area (Å²) in [5.74, 6) is -0.121. The first-order valence-corrected chi connectivity index (χ1v) is 7.55. The van der Waals surface area contributed by atoms with E-state index in [4.69, 9.17) is 0 Å². The summed E-state index contributed by atoms with van der Waals surface area (Å²) in [5.41, 5.74) is -0.762. The quantitative estimate of drug-likeness (QED) is 0.770. The zero-order valence-corrected chi connectivity index (χ0v) is 11.8. The molecule has 2 aliphatic carbocycles. The molecule has 1 amide bonds. The van der Waals surface area contributed by atoms with Crippen molar-refractivity contribution in [1.29, 1.82) is 0 Å². The van der Waals surface area contributed by atoms with Crippen LogP contribution in [0, 0.1) is 11.3 Å². The van der Waals surface area contributed by atoms with Crippen molar-refractivity contribution in [1.82, 2.24) is 5.32 Å². The first kappa shape index (κ1) is 14.4. The first-order valence-electron chi connectivity index (χ1n) is 7.55. The lowest BCUT2D eigenvalue weighted by Crippen LogP contribution is -2.44. The Morgan fingerprint density at radius 2 is 1.89 bits per heavy atom. The standard InChI is InChI=1S/C15H25NO3/c1-11-4-2-5-12(7-6-11)16-13(17)10-15(14(18)19)8-3-9-15/h11-12H,2-10H2,1H3,(H,16,17)(H,18,19). The van der Waals surface area contributed by atoms with Crippen LogP contribution in [-0.2, 0) is 9.59 Å². The number of amides is 1. The van der Waals surface area contributed by atoms with Crippen molar-refractivity contribution in [2.75, 3.05) is 0 Å². The third-order valence-corrected chi connectivity index (χ3v) is 4.89. The molecule has 0 heterocycles. The fourth-order valence-corrected chi connectivity index (χ4v) is 3.29. The summed E-state index contributed by atoms with van der Waals surface area (Å²) in [6.07, 6.45) is 8.03. The van der Waals surface area contributed by atoms with Gasteiger partial charge in [0.25, 0.3) is 0 Å². The monoisotopic (exact) mass is 267 g/mol. The van der Waals surface area contributed by atoms with Gasteiger partial charge in [-0.3, -0.25) is 9.59 Å². The maximum Gasteiger partial charge on any atom is 0.310 e. The van der Waals surface area contributed by atoms with Gasteiger partial charge in [-0.05, 0) is 38.0 Å². The van der Waals surface area contributed by atoms with Crippen molar-refractivity contribution in [2.45, 2.75) is 70.8 Å². The number of hydrogen-bond donors (Lipinski definition) is 2. The summed E-state index contributed by atoms with van der Waals surface area (Å²) in [5, 5.41) is 12.3. The molecule has 0 aliphatic heterocycles. The summed E-state index contributed by atoms with van der Waals surface area (Å²) in [7, 11) is 0. The number of carbonyl (C=O) groups is 2. The van der Waals surface area contributed by atoms with E-state index in [-0.39, 0.29) is 18.4 Å². The lowest BCUT2D eigenvalue weighted by Gasteiger charge is -2.37. The number of aliphatic carboxylic acids is 1. The smallest absolute Gasteiger partial charge is 0.310 e. The van der Waals surface area contributed by atoms with Gasteiger partial charge in [0.1, 0.15) is 0 Å². The molecule has 2 atom stereocenters. The van der Waals surface area contributed by atoms with E-state index in [1.54, 1.807) is 0 Å². The maximum absolute atomic E-state index is 12.0. The largest absolute Gasteiger partial charge is 0.481 e. The van der Waals surface area contributed by atoms with E-state index in [1.165, 1.54) is 6.42 Å². The van der Waals surface area contributed by atoms with Crippen LogP contribution in [0.4, 0.5) is 0 Å². The van der Waals surface area contributed by atoms with Crippen molar-refractivity contribution in [3.8, 4) is 0 Å². The third kappa shape index (κ3) is 3.48. The van der Waals surface area contributed by atoms with Gasteiger partial charge in [-0.2, -0.15) is 0 Å². The Bertz CT molecular complexity index is 349. The Morgan fingerprint density at radius 1 is 1.16 bits per heavy atom. The van der Waals surface area contributed by atoms with Crippen LogP contribution in [0.5, 0.6) is 0 Å². The van der Waals surface area contributed by atoms with Gasteiger partial charge in [0.15, 0.2) is 0 Å². The van der Waals surface area contributed by atoms with E-state index in [0.29, 0.717) is 12.8 Å². The second-order valence-electron chi connectivity index (χ2n) is 6.49. The Balaban J connectivity index is 1.82. The van der Waals surface area contributed by atoms with Crippen LogP contribution in [0.25, 0.3) is 0 Å². The van der Waals surface area contributed by atoms with Crippen molar-refractivity contribution >= 4 is 11.9 Å². The fraction of sp³-hybridized carbons (Fsp3) is 0.867. The predicted octanol–water partition coefficient (Wildman–Crippen LogP) is 2.72. The van der Waals surface area contributed by atoms with Crippen LogP contribution in [0.3, 0.4) is 0 Å². The molecule has 0 bridgehead atoms. The van der Waals surface area contributed by atoms with Crippen molar-refractivity contribution in [3.05, 3.63) is 0 Å². The first-order chi connectivity index (χ1) is 9.02. The molecular weight excluding hydrogens is 242 g/mol. The summed E-state index contributed by atoms with van der Waals surface area (Å²) in [4.78, 5) is 23.3. The zero-order chi connectivity index (χ0) is 13.9. The topological polar surface area (TPSA) is 66.4 Å². The predicted molar refractivity (Wildman–Crippen MR) is 72.7 cm³/mol. The molecule has 4 heteroatoms. The van der Waals surface area contributed by atoms with Crippen LogP contribution in [0.2, 0.25) is 0 Å². The Labute approximate surface area is 115 Å². The molecule has 0 aromatic heterocycles. The number of rotatable bonds is 4. The second-order valence-corrected chi connectivity index (χ2v) is 6.49. The van der Waals surface area contributed by atoms with Crippen molar-refractivity contribution in [3.63, 3.8) is 0 Å². The molecule has 2 N–H and O–H groups in total. The molecule has 4 nitrogen and oxygen atoms in total. The summed E-state index contributed by atoms with van der Waals surface area (Å²) < 4.78 is 0. The minimum absolute atomic E-state index is 0.0679. The molecule has 2 unspecified atom stereocenters. The average Bonchev–Trinajstić information content (AvgIpc) is 2.48. The number of carbonyl (C=O) groups excluding carboxylic acids is 1. The number of carboxylic acid groups (broad SMARTS) is 1. The van der Waals surface area contributed by atoms with Gasteiger partial charge in [0, 0.05) is 12.5 Å². The van der Waals surface area contributed by atoms with E-state index in [9.17, 15) is 14.7 Å². The molecule has 0 radical (unpaired) electrons. The van der Waals surface area contributed by atoms with E-state index in [0.717, 1.165) is 38.0 Å². The van der Waals surface area contributed by atoms with Gasteiger partial charge in [0.05, 0.1) is 5.41 Å². The van der Waals surface area contributed by atoms with Crippen molar-refractivity contribution < 1.29 is 14.7 Å². The Morgan fingerprint density at radius 3 is 2.47 bits per heavy atom. The van der Waals surface area contributed by atoms with Crippen LogP contribution >= 0.6 is 0 Å². The lowest BCUT2D eigenvalue weighted by molar-refractivity contribution is -0.157. The molecular formula is C15H25NO3. The van der Waals surface area contributed by atoms with Gasteiger partial charge >= 0.3 is 5.97 Å². The molecule has 0 spiro atoms. The molecule has 0 aromatic rings. The van der Waals surface area contributed by atoms with Gasteiger partial charge in [-0.25, -0.2) is 0 Å². The molecule has 108 valence electrons. The van der Waals surface area contributed by atoms with Crippen molar-refractivity contribution in [2.24, 2.45) is 11.3 Å². The van der Waals surface area contributed by atoms with Gasteiger partial charge in [0.2, 0.25) is 5.91 Å². The highest BCUT2D eigenvalue weighted by Gasteiger charge is 2.46. The molecule has 2 rings (SSSR count). The van der Waals surface area contributed by atoms with Crippen LogP contribution < -0.4 is 5.32 Å². The summed E-state index contributed by atoms with van der Waals surface area (Å²) >= 11 is 0. The Kier molecular flexibility index (Phi) is 4.48. The van der Waals surface area contributed by atoms with Gasteiger partial charge in [-0.15, -0.1) is 0 Å². The van der Waals surface area contributed by atoms with Crippen LogP contribution in [0.1, 0.15) is 64.7 Å². The average molecular weight is 267 g/mol. The number of carboxylic acids is 1. The fourth-order valence-electron chi connectivity index (χ4n) is 3.29. The van der Waals surface area contributed by atoms with Gasteiger partial charge in [-0.1, -0.05) is 26.2 Å². The highest BCUT2D eigenvalue weighted by molar-refractivity contribution is 5.85. The van der Waals surface area contributed by atoms with E-state index in [2.05, 4.69) is 12.2 Å². The Hall–Kier alpha value is -1.06. The molecule has 2 aliphatic rings. The van der Waals surface area contributed by atoms with E-state index < -0.39 is 11.4 Å². The van der Waals surface area contributed by atoms with E-state index in [1.807, 2.05) is 0 Å². The van der Waals surface area contributed by atoms with E-state index >= 15 is 0 Å². The minimum atomic E-state index is -0.802. The lowest BCUT2D eigenvalue weighted by atomic mass is 9.66. The second kappa shape index (κ2) is 5.93. The molecule has 2 saturated carbocycles. The molecule has 0 saturated heterocycles. The third-order valence-electron chi connectivity index (χ3n) is 4.89. The summed E-state index contributed by atoms with van der Waals surface area (Å²) in [6, 6.07) is 0.253. The molecule has 0 aromatic carbocycles. The maximum atomic E-state index is 12.0.